The number of amides is 1. The fourth-order valence-electron chi connectivity index (χ4n) is 2.99. The van der Waals surface area contributed by atoms with Gasteiger partial charge in [0.05, 0.1) is 19.1 Å². The van der Waals surface area contributed by atoms with E-state index in [-0.39, 0.29) is 6.54 Å². The number of nitrogens with zero attached hydrogens (tertiary/aromatic N) is 2. The van der Waals surface area contributed by atoms with E-state index in [1.165, 1.54) is 7.11 Å². The molecular weight excluding hydrogens is 402 g/mol. The molecule has 7 nitrogen and oxygen atoms in total. The van der Waals surface area contributed by atoms with Gasteiger partial charge in [0.2, 0.25) is 15.9 Å². The highest BCUT2D eigenvalue weighted by molar-refractivity contribution is 7.92. The Bertz CT molecular complexity index is 1100. The fourth-order valence-corrected chi connectivity index (χ4v) is 3.85. The van der Waals surface area contributed by atoms with Crippen LogP contribution in [0, 0.1) is 0 Å². The monoisotopic (exact) mass is 425 g/mol. The molecule has 0 saturated heterocycles. The van der Waals surface area contributed by atoms with Crippen LogP contribution < -0.4 is 14.4 Å². The van der Waals surface area contributed by atoms with Crippen molar-refractivity contribution in [2.45, 2.75) is 6.42 Å². The average Bonchev–Trinajstić information content (AvgIpc) is 2.73. The van der Waals surface area contributed by atoms with Crippen molar-refractivity contribution in [1.82, 2.24) is 4.98 Å². The lowest BCUT2D eigenvalue weighted by Crippen LogP contribution is -2.37. The largest absolute Gasteiger partial charge is 0.495 e. The zero-order valence-corrected chi connectivity index (χ0v) is 17.6. The second-order valence-electron chi connectivity index (χ2n) is 6.72. The van der Waals surface area contributed by atoms with Crippen LogP contribution in [-0.2, 0) is 21.2 Å². The van der Waals surface area contributed by atoms with E-state index in [4.69, 9.17) is 4.74 Å². The van der Waals surface area contributed by atoms with Crippen LogP contribution in [0.2, 0.25) is 0 Å². The number of benzene rings is 2. The zero-order valence-electron chi connectivity index (χ0n) is 16.8. The van der Waals surface area contributed by atoms with E-state index >= 15 is 0 Å². The van der Waals surface area contributed by atoms with Crippen LogP contribution in [0.5, 0.6) is 5.75 Å². The van der Waals surface area contributed by atoms with Crippen LogP contribution in [0.4, 0.5) is 11.4 Å². The third kappa shape index (κ3) is 5.57. The van der Waals surface area contributed by atoms with Gasteiger partial charge in [-0.25, -0.2) is 8.42 Å². The van der Waals surface area contributed by atoms with Crippen molar-refractivity contribution in [2.75, 3.05) is 29.5 Å². The molecule has 0 unspecified atom stereocenters. The molecule has 1 heterocycles. The summed E-state index contributed by atoms with van der Waals surface area (Å²) in [6.45, 7) is -0.363. The lowest BCUT2D eigenvalue weighted by Gasteiger charge is -2.23. The molecule has 0 atom stereocenters. The number of methoxy groups -OCH3 is 1. The third-order valence-electron chi connectivity index (χ3n) is 4.44. The summed E-state index contributed by atoms with van der Waals surface area (Å²) in [4.78, 5) is 16.6. The van der Waals surface area contributed by atoms with E-state index in [2.05, 4.69) is 10.3 Å². The average molecular weight is 426 g/mol. The lowest BCUT2D eigenvalue weighted by molar-refractivity contribution is -0.114. The minimum atomic E-state index is -3.69. The standard InChI is InChI=1S/C22H23N3O4S/c1-29-21-6-4-3-5-20(21)25(30(2,27)28)16-22(26)24-19-9-7-17(8-10-19)15-18-11-13-23-14-12-18/h3-14H,15-16H2,1-2H3,(H,24,26). The number of hydrogen-bond donors (Lipinski definition) is 1. The SMILES string of the molecule is COc1ccccc1N(CC(=O)Nc1ccc(Cc2ccncc2)cc1)S(C)(=O)=O. The summed E-state index contributed by atoms with van der Waals surface area (Å²) in [5.41, 5.74) is 3.13. The van der Waals surface area contributed by atoms with Crippen molar-refractivity contribution in [1.29, 1.82) is 0 Å². The van der Waals surface area contributed by atoms with Crippen LogP contribution in [0.1, 0.15) is 11.1 Å². The molecular formula is C22H23N3O4S. The second kappa shape index (κ2) is 9.41. The van der Waals surface area contributed by atoms with Crippen LogP contribution in [0.15, 0.2) is 73.1 Å². The van der Waals surface area contributed by atoms with Gasteiger partial charge in [0.25, 0.3) is 0 Å². The van der Waals surface area contributed by atoms with Gasteiger partial charge in [0.1, 0.15) is 12.3 Å². The molecule has 0 aliphatic carbocycles. The van der Waals surface area contributed by atoms with Crippen molar-refractivity contribution < 1.29 is 17.9 Å². The summed E-state index contributed by atoms with van der Waals surface area (Å²) in [6.07, 6.45) is 5.31. The van der Waals surface area contributed by atoms with E-state index in [1.807, 2.05) is 24.3 Å². The molecule has 3 aromatic rings. The van der Waals surface area contributed by atoms with Crippen molar-refractivity contribution in [3.63, 3.8) is 0 Å². The van der Waals surface area contributed by atoms with E-state index in [9.17, 15) is 13.2 Å². The summed E-state index contributed by atoms with van der Waals surface area (Å²) in [6, 6.07) is 18.0. The van der Waals surface area contributed by atoms with E-state index in [0.717, 1.165) is 28.1 Å². The number of carbonyl (C=O) groups excluding carboxylic acids is 1. The van der Waals surface area contributed by atoms with Gasteiger partial charge < -0.3 is 10.1 Å². The molecule has 1 N–H and O–H groups in total. The molecule has 2 aromatic carbocycles. The quantitative estimate of drug-likeness (QED) is 0.599. The molecule has 0 radical (unpaired) electrons. The summed E-state index contributed by atoms with van der Waals surface area (Å²) >= 11 is 0. The minimum absolute atomic E-state index is 0.311. The number of ether oxygens (including phenoxy) is 1. The third-order valence-corrected chi connectivity index (χ3v) is 5.56. The summed E-state index contributed by atoms with van der Waals surface area (Å²) in [5.74, 6) is -0.0793. The van der Waals surface area contributed by atoms with E-state index in [1.54, 1.807) is 48.8 Å². The molecule has 8 heteroatoms. The van der Waals surface area contributed by atoms with Gasteiger partial charge in [0.15, 0.2) is 0 Å². The van der Waals surface area contributed by atoms with Crippen LogP contribution in [0.25, 0.3) is 0 Å². The lowest BCUT2D eigenvalue weighted by atomic mass is 10.1. The molecule has 1 amide bonds. The molecule has 0 aliphatic rings. The molecule has 30 heavy (non-hydrogen) atoms. The van der Waals surface area contributed by atoms with Gasteiger partial charge in [-0.05, 0) is 53.9 Å². The molecule has 3 rings (SSSR count). The second-order valence-corrected chi connectivity index (χ2v) is 8.63. The molecule has 0 spiro atoms. The fraction of sp³-hybridized carbons (Fsp3) is 0.182. The van der Waals surface area contributed by atoms with Crippen LogP contribution >= 0.6 is 0 Å². The Morgan fingerprint density at radius 1 is 1.00 bits per heavy atom. The number of para-hydroxylation sites is 2. The van der Waals surface area contributed by atoms with Gasteiger partial charge in [0, 0.05) is 18.1 Å². The highest BCUT2D eigenvalue weighted by atomic mass is 32.2. The Balaban J connectivity index is 1.70. The van der Waals surface area contributed by atoms with E-state index in [0.29, 0.717) is 17.1 Å². The summed E-state index contributed by atoms with van der Waals surface area (Å²) in [5, 5.41) is 2.75. The van der Waals surface area contributed by atoms with Crippen LogP contribution in [0.3, 0.4) is 0 Å². The number of carbonyl (C=O) groups is 1. The van der Waals surface area contributed by atoms with Crippen molar-refractivity contribution in [2.24, 2.45) is 0 Å². The highest BCUT2D eigenvalue weighted by Crippen LogP contribution is 2.29. The van der Waals surface area contributed by atoms with Crippen molar-refractivity contribution >= 4 is 27.3 Å². The molecule has 0 bridgehead atoms. The van der Waals surface area contributed by atoms with E-state index < -0.39 is 15.9 Å². The predicted molar refractivity (Wildman–Crippen MR) is 117 cm³/mol. The smallest absolute Gasteiger partial charge is 0.245 e. The Hall–Kier alpha value is -3.39. The Labute approximate surface area is 176 Å². The number of aromatic nitrogens is 1. The van der Waals surface area contributed by atoms with Gasteiger partial charge in [-0.2, -0.15) is 0 Å². The predicted octanol–water partition coefficient (Wildman–Crippen LogP) is 3.09. The number of pyridine rings is 1. The molecule has 0 saturated carbocycles. The van der Waals surface area contributed by atoms with Gasteiger partial charge in [-0.1, -0.05) is 24.3 Å². The maximum Gasteiger partial charge on any atom is 0.245 e. The molecule has 0 fully saturated rings. The number of nitrogens with one attached hydrogen (secondary N) is 1. The minimum Gasteiger partial charge on any atom is -0.495 e. The molecule has 0 aliphatic heterocycles. The first-order valence-electron chi connectivity index (χ1n) is 9.25. The Kier molecular flexibility index (Phi) is 6.68. The van der Waals surface area contributed by atoms with Crippen molar-refractivity contribution in [3.8, 4) is 5.75 Å². The van der Waals surface area contributed by atoms with Crippen molar-refractivity contribution in [3.05, 3.63) is 84.2 Å². The Morgan fingerprint density at radius 2 is 1.63 bits per heavy atom. The first-order chi connectivity index (χ1) is 14.4. The number of rotatable bonds is 8. The summed E-state index contributed by atoms with van der Waals surface area (Å²) in [7, 11) is -2.24. The zero-order chi connectivity index (χ0) is 21.6. The molecule has 156 valence electrons. The van der Waals surface area contributed by atoms with Gasteiger partial charge >= 0.3 is 0 Å². The number of hydrogen-bond acceptors (Lipinski definition) is 5. The van der Waals surface area contributed by atoms with Crippen LogP contribution in [-0.4, -0.2) is 39.2 Å². The number of sulfonamides is 1. The first kappa shape index (κ1) is 21.3. The maximum absolute atomic E-state index is 12.6. The molecule has 1 aromatic heterocycles. The topological polar surface area (TPSA) is 88.6 Å². The summed E-state index contributed by atoms with van der Waals surface area (Å²) < 4.78 is 30.9. The maximum atomic E-state index is 12.6. The van der Waals surface area contributed by atoms with Gasteiger partial charge in [-0.3, -0.25) is 14.1 Å². The Morgan fingerprint density at radius 3 is 2.27 bits per heavy atom. The first-order valence-corrected chi connectivity index (χ1v) is 11.1. The highest BCUT2D eigenvalue weighted by Gasteiger charge is 2.23. The number of anilines is 2. The van der Waals surface area contributed by atoms with Gasteiger partial charge in [-0.15, -0.1) is 0 Å². The normalized spacial score (nSPS) is 11.0.